The number of aromatic nitrogens is 1. The maximum atomic E-state index is 15.7. The summed E-state index contributed by atoms with van der Waals surface area (Å²) >= 11 is 15.5. The minimum atomic E-state index is -1.71. The molecule has 1 heterocycles. The molecule has 1 N–H and O–H groups in total. The fraction of sp³-hybridized carbons (Fsp3) is 0.280. The molecule has 9 heteroatoms. The molecular formula is C25H22BrCl2FN2O3. The second-order valence-corrected chi connectivity index (χ2v) is 10.2. The van der Waals surface area contributed by atoms with Crippen molar-refractivity contribution >= 4 is 45.5 Å². The van der Waals surface area contributed by atoms with E-state index < -0.39 is 17.1 Å². The number of ether oxygens (including phenoxy) is 1. The van der Waals surface area contributed by atoms with Gasteiger partial charge in [0.05, 0.1) is 29.5 Å². The minimum Gasteiger partial charge on any atom is -0.387 e. The lowest BCUT2D eigenvalue weighted by Crippen LogP contribution is -2.50. The Morgan fingerprint density at radius 3 is 2.44 bits per heavy atom. The van der Waals surface area contributed by atoms with Crippen molar-refractivity contribution in [3.8, 4) is 0 Å². The number of halogens is 4. The Hall–Kier alpha value is -2.03. The SMILES string of the molecule is Cc1cc(Br)cc(F)c1C(OCC1(O)CC1)(c1ccc(Cl)cc1)N(C=O)Cc1ccc(Cl)cn1. The van der Waals surface area contributed by atoms with E-state index in [9.17, 15) is 9.90 Å². The highest BCUT2D eigenvalue weighted by Gasteiger charge is 2.49. The molecule has 1 aliphatic rings. The highest BCUT2D eigenvalue weighted by atomic mass is 79.9. The van der Waals surface area contributed by atoms with Gasteiger partial charge < -0.3 is 14.7 Å². The monoisotopic (exact) mass is 566 g/mol. The number of aryl methyl sites for hydroxylation is 1. The first-order valence-corrected chi connectivity index (χ1v) is 12.1. The molecule has 2 aromatic carbocycles. The first kappa shape index (κ1) is 25.1. The van der Waals surface area contributed by atoms with E-state index in [1.807, 2.05) is 0 Å². The lowest BCUT2D eigenvalue weighted by Gasteiger charge is -2.43. The molecule has 34 heavy (non-hydrogen) atoms. The summed E-state index contributed by atoms with van der Waals surface area (Å²) in [5.74, 6) is -0.569. The smallest absolute Gasteiger partial charge is 0.212 e. The number of rotatable bonds is 9. The number of amides is 1. The van der Waals surface area contributed by atoms with Gasteiger partial charge in [-0.1, -0.05) is 51.3 Å². The fourth-order valence-corrected chi connectivity index (χ4v) is 4.71. The molecule has 0 saturated heterocycles. The molecule has 1 aliphatic carbocycles. The summed E-state index contributed by atoms with van der Waals surface area (Å²) in [4.78, 5) is 18.3. The van der Waals surface area contributed by atoms with Crippen LogP contribution in [0.15, 0.2) is 59.2 Å². The summed E-state index contributed by atoms with van der Waals surface area (Å²) in [6.45, 7) is 1.65. The summed E-state index contributed by atoms with van der Waals surface area (Å²) in [6.07, 6.45) is 3.20. The Morgan fingerprint density at radius 1 is 1.21 bits per heavy atom. The molecule has 1 atom stereocenters. The number of benzene rings is 2. The maximum Gasteiger partial charge on any atom is 0.212 e. The Balaban J connectivity index is 1.95. The van der Waals surface area contributed by atoms with Crippen LogP contribution in [0.3, 0.4) is 0 Å². The zero-order valence-electron chi connectivity index (χ0n) is 18.3. The van der Waals surface area contributed by atoms with Crippen LogP contribution >= 0.6 is 39.1 Å². The topological polar surface area (TPSA) is 62.7 Å². The van der Waals surface area contributed by atoms with E-state index in [1.165, 1.54) is 17.2 Å². The largest absolute Gasteiger partial charge is 0.387 e. The second-order valence-electron chi connectivity index (χ2n) is 8.44. The number of carbonyl (C=O) groups is 1. The number of aliphatic hydroxyl groups is 1. The highest BCUT2D eigenvalue weighted by molar-refractivity contribution is 9.10. The molecular weight excluding hydrogens is 546 g/mol. The van der Waals surface area contributed by atoms with E-state index in [1.54, 1.807) is 49.4 Å². The number of hydrogen-bond acceptors (Lipinski definition) is 4. The molecule has 0 radical (unpaired) electrons. The van der Waals surface area contributed by atoms with E-state index in [4.69, 9.17) is 27.9 Å². The molecule has 178 valence electrons. The molecule has 0 bridgehead atoms. The summed E-state index contributed by atoms with van der Waals surface area (Å²) < 4.78 is 22.7. The average Bonchev–Trinajstić information content (AvgIpc) is 3.53. The minimum absolute atomic E-state index is 0.00331. The van der Waals surface area contributed by atoms with Gasteiger partial charge in [-0.2, -0.15) is 0 Å². The van der Waals surface area contributed by atoms with Crippen LogP contribution in [-0.4, -0.2) is 33.6 Å². The molecule has 1 unspecified atom stereocenters. The Kier molecular flexibility index (Phi) is 7.31. The van der Waals surface area contributed by atoms with Crippen LogP contribution in [0, 0.1) is 12.7 Å². The maximum absolute atomic E-state index is 15.7. The third-order valence-electron chi connectivity index (χ3n) is 5.86. The fourth-order valence-electron chi connectivity index (χ4n) is 3.92. The summed E-state index contributed by atoms with van der Waals surface area (Å²) in [6, 6.07) is 13.1. The van der Waals surface area contributed by atoms with Crippen LogP contribution in [0.25, 0.3) is 0 Å². The quantitative estimate of drug-likeness (QED) is 0.254. The number of pyridine rings is 1. The molecule has 1 aromatic heterocycles. The lowest BCUT2D eigenvalue weighted by molar-refractivity contribution is -0.170. The molecule has 3 aromatic rings. The van der Waals surface area contributed by atoms with Gasteiger partial charge >= 0.3 is 0 Å². The van der Waals surface area contributed by atoms with Crippen molar-refractivity contribution in [1.82, 2.24) is 9.88 Å². The van der Waals surface area contributed by atoms with Gasteiger partial charge in [-0.05, 0) is 61.7 Å². The zero-order valence-corrected chi connectivity index (χ0v) is 21.4. The van der Waals surface area contributed by atoms with E-state index in [0.29, 0.717) is 50.6 Å². The third-order valence-corrected chi connectivity index (χ3v) is 6.79. The van der Waals surface area contributed by atoms with Gasteiger partial charge in [0.25, 0.3) is 0 Å². The van der Waals surface area contributed by atoms with Crippen molar-refractivity contribution in [2.45, 2.75) is 37.6 Å². The van der Waals surface area contributed by atoms with Gasteiger partial charge in [0.2, 0.25) is 6.41 Å². The number of carbonyl (C=O) groups excluding carboxylic acids is 1. The van der Waals surface area contributed by atoms with Gasteiger partial charge in [-0.15, -0.1) is 0 Å². The molecule has 5 nitrogen and oxygen atoms in total. The summed E-state index contributed by atoms with van der Waals surface area (Å²) in [5, 5.41) is 11.5. The van der Waals surface area contributed by atoms with Crippen LogP contribution in [0.5, 0.6) is 0 Å². The van der Waals surface area contributed by atoms with E-state index in [-0.39, 0.29) is 18.7 Å². The van der Waals surface area contributed by atoms with Crippen molar-refractivity contribution < 1.29 is 19.0 Å². The second kappa shape index (κ2) is 9.91. The van der Waals surface area contributed by atoms with E-state index >= 15 is 4.39 Å². The molecule has 0 spiro atoms. The molecule has 4 rings (SSSR count). The Morgan fingerprint density at radius 2 is 1.88 bits per heavy atom. The predicted molar refractivity (Wildman–Crippen MR) is 132 cm³/mol. The van der Waals surface area contributed by atoms with Gasteiger partial charge in [0.1, 0.15) is 5.82 Å². The predicted octanol–water partition coefficient (Wildman–Crippen LogP) is 6.00. The van der Waals surface area contributed by atoms with Gasteiger partial charge in [0.15, 0.2) is 5.72 Å². The first-order valence-electron chi connectivity index (χ1n) is 10.6. The van der Waals surface area contributed by atoms with Crippen molar-refractivity contribution in [2.75, 3.05) is 6.61 Å². The molecule has 0 aliphatic heterocycles. The zero-order chi connectivity index (χ0) is 24.5. The van der Waals surface area contributed by atoms with Gasteiger partial charge in [0, 0.05) is 26.8 Å². The normalized spacial score (nSPS) is 16.1. The standard InChI is InChI=1S/C25H22BrCl2FN2O3/c1-16-10-18(26)11-22(29)23(16)25(34-14-24(33)8-9-24,17-2-4-19(27)5-3-17)31(15-32)13-21-7-6-20(28)12-30-21/h2-7,10-12,15,33H,8-9,13-14H2,1H3. The van der Waals surface area contributed by atoms with E-state index in [2.05, 4.69) is 20.9 Å². The number of hydrogen-bond donors (Lipinski definition) is 1. The van der Waals surface area contributed by atoms with Crippen LogP contribution in [0.2, 0.25) is 10.0 Å². The Bertz CT molecular complexity index is 1170. The van der Waals surface area contributed by atoms with Gasteiger partial charge in [-0.3, -0.25) is 9.78 Å². The highest BCUT2D eigenvalue weighted by Crippen LogP contribution is 2.45. The molecule has 1 fully saturated rings. The van der Waals surface area contributed by atoms with Crippen LogP contribution < -0.4 is 0 Å². The van der Waals surface area contributed by atoms with Gasteiger partial charge in [-0.25, -0.2) is 4.39 Å². The molecule has 1 saturated carbocycles. The number of nitrogens with zero attached hydrogens (tertiary/aromatic N) is 2. The van der Waals surface area contributed by atoms with Crippen molar-refractivity contribution in [2.24, 2.45) is 0 Å². The summed E-state index contributed by atoms with van der Waals surface area (Å²) in [7, 11) is 0. The van der Waals surface area contributed by atoms with Crippen LogP contribution in [-0.2, 0) is 21.8 Å². The average molecular weight is 568 g/mol. The van der Waals surface area contributed by atoms with E-state index in [0.717, 1.165) is 0 Å². The third kappa shape index (κ3) is 5.14. The van der Waals surface area contributed by atoms with Crippen molar-refractivity contribution in [3.05, 3.63) is 97.4 Å². The van der Waals surface area contributed by atoms with Crippen molar-refractivity contribution in [1.29, 1.82) is 0 Å². The van der Waals surface area contributed by atoms with Crippen LogP contribution in [0.4, 0.5) is 4.39 Å². The summed E-state index contributed by atoms with van der Waals surface area (Å²) in [5.41, 5.74) is -1.01. The Labute approximate surface area is 215 Å². The van der Waals surface area contributed by atoms with Crippen LogP contribution in [0.1, 0.15) is 35.2 Å². The van der Waals surface area contributed by atoms with Crippen molar-refractivity contribution in [3.63, 3.8) is 0 Å². The lowest BCUT2D eigenvalue weighted by atomic mass is 9.88. The first-order chi connectivity index (χ1) is 16.2. The molecule has 1 amide bonds.